The quantitative estimate of drug-likeness (QED) is 0.932. The second-order valence-corrected chi connectivity index (χ2v) is 6.53. The molecule has 1 unspecified atom stereocenters. The summed E-state index contributed by atoms with van der Waals surface area (Å²) in [6.45, 7) is 1.80. The van der Waals surface area contributed by atoms with Crippen LogP contribution in [0.25, 0.3) is 0 Å². The smallest absolute Gasteiger partial charge is 0.224 e. The predicted molar refractivity (Wildman–Crippen MR) is 69.4 cm³/mol. The van der Waals surface area contributed by atoms with Gasteiger partial charge in [-0.3, -0.25) is 4.79 Å². The first-order valence-electron chi connectivity index (χ1n) is 5.45. The van der Waals surface area contributed by atoms with E-state index in [1.165, 1.54) is 0 Å². The third-order valence-electron chi connectivity index (χ3n) is 2.81. The van der Waals surface area contributed by atoms with Gasteiger partial charge in [-0.25, -0.2) is 0 Å². The van der Waals surface area contributed by atoms with E-state index in [9.17, 15) is 4.79 Å². The maximum Gasteiger partial charge on any atom is 0.224 e. The summed E-state index contributed by atoms with van der Waals surface area (Å²) in [6, 6.07) is 3.79. The Balaban J connectivity index is 1.91. The molecular weight excluding hydrogens is 288 g/mol. The Bertz CT molecular complexity index is 374. The third kappa shape index (κ3) is 2.84. The molecule has 1 aromatic heterocycles. The van der Waals surface area contributed by atoms with E-state index < -0.39 is 0 Å². The number of rotatable bonds is 3. The van der Waals surface area contributed by atoms with Gasteiger partial charge in [0.15, 0.2) is 0 Å². The number of carbonyl (C=O) groups excluding carboxylic acids is 1. The minimum absolute atomic E-state index is 0.163. The van der Waals surface area contributed by atoms with Crippen LogP contribution in [0.2, 0.25) is 0 Å². The molecule has 16 heavy (non-hydrogen) atoms. The molecule has 0 radical (unpaired) electrons. The number of nitrogens with zero attached hydrogens (tertiary/aromatic N) is 1. The number of halogens is 1. The van der Waals surface area contributed by atoms with E-state index in [2.05, 4.69) is 15.9 Å². The molecule has 2 N–H and O–H groups in total. The van der Waals surface area contributed by atoms with Crippen molar-refractivity contribution in [2.75, 3.05) is 13.1 Å². The average molecular weight is 303 g/mol. The maximum atomic E-state index is 11.9. The van der Waals surface area contributed by atoms with E-state index in [0.717, 1.165) is 34.6 Å². The van der Waals surface area contributed by atoms with Crippen LogP contribution < -0.4 is 5.73 Å². The standard InChI is InChI=1S/C11H15BrN2OS/c12-10-4-3-9(16-10)8(13)7-11(15)14-5-1-2-6-14/h3-4,8H,1-2,5-7,13H2. The van der Waals surface area contributed by atoms with Crippen molar-refractivity contribution in [3.05, 3.63) is 20.8 Å². The van der Waals surface area contributed by atoms with Gasteiger partial charge in [-0.1, -0.05) is 0 Å². The van der Waals surface area contributed by atoms with Crippen LogP contribution in [0.15, 0.2) is 15.9 Å². The predicted octanol–water partition coefficient (Wildman–Crippen LogP) is 2.52. The molecule has 1 saturated heterocycles. The van der Waals surface area contributed by atoms with E-state index in [1.807, 2.05) is 17.0 Å². The molecule has 0 saturated carbocycles. The van der Waals surface area contributed by atoms with Crippen LogP contribution in [0, 0.1) is 0 Å². The Kier molecular flexibility index (Phi) is 4.00. The van der Waals surface area contributed by atoms with Gasteiger partial charge >= 0.3 is 0 Å². The first-order valence-corrected chi connectivity index (χ1v) is 7.06. The molecule has 0 spiro atoms. The average Bonchev–Trinajstić information content (AvgIpc) is 2.87. The molecule has 1 aromatic rings. The zero-order chi connectivity index (χ0) is 11.5. The van der Waals surface area contributed by atoms with Crippen molar-refractivity contribution in [2.45, 2.75) is 25.3 Å². The number of hydrogen-bond donors (Lipinski definition) is 1. The van der Waals surface area contributed by atoms with Crippen LogP contribution in [0.1, 0.15) is 30.2 Å². The van der Waals surface area contributed by atoms with Gasteiger partial charge in [-0.05, 0) is 40.9 Å². The topological polar surface area (TPSA) is 46.3 Å². The molecule has 1 atom stereocenters. The van der Waals surface area contributed by atoms with Crippen molar-refractivity contribution in [2.24, 2.45) is 5.73 Å². The van der Waals surface area contributed by atoms with Crippen molar-refractivity contribution < 1.29 is 4.79 Å². The normalized spacial score (nSPS) is 17.8. The van der Waals surface area contributed by atoms with Crippen LogP contribution in [0.3, 0.4) is 0 Å². The maximum absolute atomic E-state index is 11.9. The Morgan fingerprint density at radius 2 is 2.19 bits per heavy atom. The molecule has 1 aliphatic heterocycles. The third-order valence-corrected chi connectivity index (χ3v) is 4.57. The number of carbonyl (C=O) groups is 1. The number of nitrogens with two attached hydrogens (primary N) is 1. The van der Waals surface area contributed by atoms with Crippen molar-refractivity contribution in [3.8, 4) is 0 Å². The number of amides is 1. The summed E-state index contributed by atoms with van der Waals surface area (Å²) in [5, 5.41) is 0. The summed E-state index contributed by atoms with van der Waals surface area (Å²) in [5.41, 5.74) is 6.02. The Hall–Kier alpha value is -0.390. The van der Waals surface area contributed by atoms with Gasteiger partial charge in [0.05, 0.1) is 3.79 Å². The zero-order valence-corrected chi connectivity index (χ0v) is 11.4. The number of thiophene rings is 1. The molecule has 1 amide bonds. The van der Waals surface area contributed by atoms with Gasteiger partial charge in [-0.15, -0.1) is 11.3 Å². The fourth-order valence-electron chi connectivity index (χ4n) is 1.91. The van der Waals surface area contributed by atoms with E-state index in [0.29, 0.717) is 6.42 Å². The highest BCUT2D eigenvalue weighted by atomic mass is 79.9. The minimum Gasteiger partial charge on any atom is -0.343 e. The van der Waals surface area contributed by atoms with Crippen molar-refractivity contribution in [1.29, 1.82) is 0 Å². The fraction of sp³-hybridized carbons (Fsp3) is 0.545. The number of likely N-dealkylation sites (tertiary alicyclic amines) is 1. The second kappa shape index (κ2) is 5.29. The van der Waals surface area contributed by atoms with Crippen LogP contribution in [0.4, 0.5) is 0 Å². The molecule has 2 rings (SSSR count). The molecular formula is C11H15BrN2OS. The molecule has 0 aliphatic carbocycles. The van der Waals surface area contributed by atoms with Crippen LogP contribution >= 0.6 is 27.3 Å². The molecule has 1 aliphatic rings. The molecule has 88 valence electrons. The SMILES string of the molecule is NC(CC(=O)N1CCCC1)c1ccc(Br)s1. The summed E-state index contributed by atoms with van der Waals surface area (Å²) in [6.07, 6.45) is 2.68. The Labute approximate surface area is 108 Å². The highest BCUT2D eigenvalue weighted by Gasteiger charge is 2.21. The van der Waals surface area contributed by atoms with E-state index in [-0.39, 0.29) is 11.9 Å². The van der Waals surface area contributed by atoms with E-state index in [1.54, 1.807) is 11.3 Å². The van der Waals surface area contributed by atoms with Crippen molar-refractivity contribution >= 4 is 33.2 Å². The van der Waals surface area contributed by atoms with Gasteiger partial charge in [0.25, 0.3) is 0 Å². The lowest BCUT2D eigenvalue weighted by Crippen LogP contribution is -2.30. The molecule has 5 heteroatoms. The highest BCUT2D eigenvalue weighted by molar-refractivity contribution is 9.11. The summed E-state index contributed by atoms with van der Waals surface area (Å²) >= 11 is 5.00. The van der Waals surface area contributed by atoms with Crippen molar-refractivity contribution in [3.63, 3.8) is 0 Å². The monoisotopic (exact) mass is 302 g/mol. The summed E-state index contributed by atoms with van der Waals surface area (Å²) in [5.74, 6) is 0.189. The minimum atomic E-state index is -0.163. The lowest BCUT2D eigenvalue weighted by molar-refractivity contribution is -0.130. The zero-order valence-electron chi connectivity index (χ0n) is 8.99. The summed E-state index contributed by atoms with van der Waals surface area (Å²) in [7, 11) is 0. The van der Waals surface area contributed by atoms with Crippen molar-refractivity contribution in [1.82, 2.24) is 4.90 Å². The van der Waals surface area contributed by atoms with Gasteiger partial charge < -0.3 is 10.6 Å². The van der Waals surface area contributed by atoms with E-state index >= 15 is 0 Å². The largest absolute Gasteiger partial charge is 0.343 e. The first-order chi connectivity index (χ1) is 7.66. The van der Waals surface area contributed by atoms with Gasteiger partial charge in [-0.2, -0.15) is 0 Å². The van der Waals surface area contributed by atoms with E-state index in [4.69, 9.17) is 5.73 Å². The first kappa shape index (κ1) is 12.1. The lowest BCUT2D eigenvalue weighted by Gasteiger charge is -2.17. The van der Waals surface area contributed by atoms with Crippen LogP contribution in [0.5, 0.6) is 0 Å². The van der Waals surface area contributed by atoms with Crippen LogP contribution in [-0.2, 0) is 4.79 Å². The van der Waals surface area contributed by atoms with Gasteiger partial charge in [0.2, 0.25) is 5.91 Å². The summed E-state index contributed by atoms with van der Waals surface area (Å²) in [4.78, 5) is 14.9. The molecule has 0 bridgehead atoms. The van der Waals surface area contributed by atoms with Gasteiger partial charge in [0, 0.05) is 30.4 Å². The highest BCUT2D eigenvalue weighted by Crippen LogP contribution is 2.28. The Morgan fingerprint density at radius 3 is 2.75 bits per heavy atom. The second-order valence-electron chi connectivity index (χ2n) is 4.04. The fourth-order valence-corrected chi connectivity index (χ4v) is 3.34. The lowest BCUT2D eigenvalue weighted by atomic mass is 10.1. The van der Waals surface area contributed by atoms with Crippen LogP contribution in [-0.4, -0.2) is 23.9 Å². The molecule has 1 fully saturated rings. The summed E-state index contributed by atoms with van der Waals surface area (Å²) < 4.78 is 1.06. The van der Waals surface area contributed by atoms with Gasteiger partial charge in [0.1, 0.15) is 0 Å². The number of hydrogen-bond acceptors (Lipinski definition) is 3. The Morgan fingerprint density at radius 1 is 1.50 bits per heavy atom. The molecule has 3 nitrogen and oxygen atoms in total. The molecule has 0 aromatic carbocycles. The molecule has 2 heterocycles.